The molecule has 0 aliphatic carbocycles. The molecule has 3 N–H and O–H groups in total. The third kappa shape index (κ3) is 6.11. The maximum atomic E-state index is 12.2. The summed E-state index contributed by atoms with van der Waals surface area (Å²) in [4.78, 5) is 23.7. The van der Waals surface area contributed by atoms with Crippen LogP contribution in [0, 0.1) is 11.3 Å². The Morgan fingerprint density at radius 2 is 1.61 bits per heavy atom. The highest BCUT2D eigenvalue weighted by molar-refractivity contribution is 5.94. The number of nitriles is 1. The van der Waals surface area contributed by atoms with Gasteiger partial charge in [0.15, 0.2) is 0 Å². The fraction of sp³-hybridized carbons (Fsp3) is 0.286. The lowest BCUT2D eigenvalue weighted by Crippen LogP contribution is -2.42. The SMILES string of the molecule is CCc1ccc(-c2ccc(C(=O)NCCN(O)C(=O)NCCC#N)cc2)cc1. The number of benzene rings is 2. The molecule has 28 heavy (non-hydrogen) atoms. The van der Waals surface area contributed by atoms with Crippen molar-refractivity contribution in [2.75, 3.05) is 19.6 Å². The van der Waals surface area contributed by atoms with Crippen molar-refractivity contribution < 1.29 is 14.8 Å². The van der Waals surface area contributed by atoms with E-state index in [1.165, 1.54) is 5.56 Å². The van der Waals surface area contributed by atoms with Crippen LogP contribution in [0.25, 0.3) is 11.1 Å². The van der Waals surface area contributed by atoms with E-state index >= 15 is 0 Å². The molecule has 0 atom stereocenters. The number of carbonyl (C=O) groups is 2. The minimum Gasteiger partial charge on any atom is -0.350 e. The van der Waals surface area contributed by atoms with Gasteiger partial charge < -0.3 is 10.6 Å². The number of rotatable bonds is 8. The fourth-order valence-corrected chi connectivity index (χ4v) is 2.54. The van der Waals surface area contributed by atoms with Gasteiger partial charge in [-0.25, -0.2) is 9.86 Å². The molecule has 0 fully saturated rings. The van der Waals surface area contributed by atoms with Crippen LogP contribution in [0.3, 0.4) is 0 Å². The highest BCUT2D eigenvalue weighted by Crippen LogP contribution is 2.20. The van der Waals surface area contributed by atoms with Gasteiger partial charge in [0.25, 0.3) is 5.91 Å². The molecule has 0 saturated heterocycles. The summed E-state index contributed by atoms with van der Waals surface area (Å²) in [5, 5.41) is 23.5. The molecule has 3 amide bonds. The molecule has 0 unspecified atom stereocenters. The van der Waals surface area contributed by atoms with E-state index in [4.69, 9.17) is 5.26 Å². The molecule has 2 rings (SSSR count). The zero-order valence-corrected chi connectivity index (χ0v) is 15.8. The number of hydrogen-bond acceptors (Lipinski definition) is 4. The van der Waals surface area contributed by atoms with Crippen molar-refractivity contribution in [2.45, 2.75) is 19.8 Å². The van der Waals surface area contributed by atoms with Crippen LogP contribution in [0.4, 0.5) is 4.79 Å². The molecule has 0 radical (unpaired) electrons. The second-order valence-corrected chi connectivity index (χ2v) is 6.15. The molecular formula is C21H24N4O3. The minimum atomic E-state index is -0.706. The first-order valence-electron chi connectivity index (χ1n) is 9.14. The first-order valence-corrected chi connectivity index (χ1v) is 9.14. The van der Waals surface area contributed by atoms with Crippen molar-refractivity contribution in [1.82, 2.24) is 15.7 Å². The van der Waals surface area contributed by atoms with E-state index in [0.29, 0.717) is 10.6 Å². The predicted octanol–water partition coefficient (Wildman–Crippen LogP) is 2.96. The standard InChI is InChI=1S/C21H24N4O3/c1-2-16-4-6-17(7-5-16)18-8-10-19(11-9-18)20(26)23-14-15-25(28)21(27)24-13-3-12-22/h4-11,28H,2-3,13-15H2,1H3,(H,23,26)(H,24,27). The summed E-state index contributed by atoms with van der Waals surface area (Å²) in [5.41, 5.74) is 3.88. The summed E-state index contributed by atoms with van der Waals surface area (Å²) in [7, 11) is 0. The molecule has 146 valence electrons. The lowest BCUT2D eigenvalue weighted by Gasteiger charge is -2.15. The van der Waals surface area contributed by atoms with Crippen molar-refractivity contribution in [1.29, 1.82) is 5.26 Å². The third-order valence-corrected chi connectivity index (χ3v) is 4.20. The van der Waals surface area contributed by atoms with Crippen LogP contribution in [0.5, 0.6) is 0 Å². The Morgan fingerprint density at radius 3 is 2.18 bits per heavy atom. The van der Waals surface area contributed by atoms with E-state index in [0.717, 1.165) is 17.5 Å². The summed E-state index contributed by atoms with van der Waals surface area (Å²) in [6.07, 6.45) is 1.15. The Hall–Kier alpha value is -3.37. The van der Waals surface area contributed by atoms with Gasteiger partial charge in [-0.05, 0) is 35.2 Å². The lowest BCUT2D eigenvalue weighted by molar-refractivity contribution is -0.0413. The van der Waals surface area contributed by atoms with Crippen molar-refractivity contribution in [3.8, 4) is 17.2 Å². The Balaban J connectivity index is 1.82. The number of carbonyl (C=O) groups excluding carboxylic acids is 2. The number of hydroxylamine groups is 2. The molecule has 0 bridgehead atoms. The summed E-state index contributed by atoms with van der Waals surface area (Å²) >= 11 is 0. The fourth-order valence-electron chi connectivity index (χ4n) is 2.54. The number of hydrogen-bond donors (Lipinski definition) is 3. The van der Waals surface area contributed by atoms with Crippen molar-refractivity contribution in [2.24, 2.45) is 0 Å². The molecule has 0 aliphatic rings. The molecule has 0 aromatic heterocycles. The van der Waals surface area contributed by atoms with E-state index in [-0.39, 0.29) is 32.0 Å². The Bertz CT molecular complexity index is 826. The average molecular weight is 380 g/mol. The minimum absolute atomic E-state index is 0.0635. The van der Waals surface area contributed by atoms with E-state index in [9.17, 15) is 14.8 Å². The first kappa shape index (κ1) is 20.9. The van der Waals surface area contributed by atoms with Crippen LogP contribution in [0.15, 0.2) is 48.5 Å². The van der Waals surface area contributed by atoms with Crippen LogP contribution in [0.1, 0.15) is 29.3 Å². The van der Waals surface area contributed by atoms with Crippen molar-refractivity contribution >= 4 is 11.9 Å². The van der Waals surface area contributed by atoms with Gasteiger partial charge in [0.2, 0.25) is 0 Å². The second-order valence-electron chi connectivity index (χ2n) is 6.15. The van der Waals surface area contributed by atoms with Gasteiger partial charge in [-0.1, -0.05) is 43.3 Å². The molecule has 0 heterocycles. The summed E-state index contributed by atoms with van der Waals surface area (Å²) in [6, 6.07) is 16.7. The summed E-state index contributed by atoms with van der Waals surface area (Å²) < 4.78 is 0. The van der Waals surface area contributed by atoms with Gasteiger partial charge in [0.1, 0.15) is 0 Å². The largest absolute Gasteiger partial charge is 0.350 e. The predicted molar refractivity (Wildman–Crippen MR) is 106 cm³/mol. The molecule has 0 saturated carbocycles. The second kappa shape index (κ2) is 10.7. The van der Waals surface area contributed by atoms with Gasteiger partial charge in [0.05, 0.1) is 19.0 Å². The first-order chi connectivity index (χ1) is 13.5. The topological polar surface area (TPSA) is 105 Å². The molecule has 7 nitrogen and oxygen atoms in total. The van der Waals surface area contributed by atoms with Gasteiger partial charge in [-0.3, -0.25) is 10.0 Å². The summed E-state index contributed by atoms with van der Waals surface area (Å²) in [5.74, 6) is -0.286. The van der Waals surface area contributed by atoms with Crippen molar-refractivity contribution in [3.05, 3.63) is 59.7 Å². The maximum Gasteiger partial charge on any atom is 0.341 e. The van der Waals surface area contributed by atoms with Crippen molar-refractivity contribution in [3.63, 3.8) is 0 Å². The van der Waals surface area contributed by atoms with Gasteiger partial charge >= 0.3 is 6.03 Å². The Labute approximate surface area is 164 Å². The average Bonchev–Trinajstić information content (AvgIpc) is 2.73. The Kier molecular flexibility index (Phi) is 8.00. The number of nitrogens with zero attached hydrogens (tertiary/aromatic N) is 2. The number of urea groups is 1. The molecule has 0 aliphatic heterocycles. The van der Waals surface area contributed by atoms with Crippen LogP contribution < -0.4 is 10.6 Å². The smallest absolute Gasteiger partial charge is 0.341 e. The van der Waals surface area contributed by atoms with E-state index in [1.807, 2.05) is 18.2 Å². The molecule has 0 spiro atoms. The van der Waals surface area contributed by atoms with Gasteiger partial charge in [-0.2, -0.15) is 5.26 Å². The highest BCUT2D eigenvalue weighted by Gasteiger charge is 2.11. The quantitative estimate of drug-likeness (QED) is 0.372. The number of aryl methyl sites for hydroxylation is 1. The number of amides is 3. The molecule has 7 heteroatoms. The third-order valence-electron chi connectivity index (χ3n) is 4.20. The summed E-state index contributed by atoms with van der Waals surface area (Å²) in [6.45, 7) is 2.30. The molecular weight excluding hydrogens is 356 g/mol. The van der Waals surface area contributed by atoms with Crippen LogP contribution in [-0.2, 0) is 6.42 Å². The van der Waals surface area contributed by atoms with Gasteiger partial charge in [0, 0.05) is 18.7 Å². The van der Waals surface area contributed by atoms with E-state index < -0.39 is 6.03 Å². The maximum absolute atomic E-state index is 12.2. The van der Waals surface area contributed by atoms with Crippen LogP contribution in [-0.4, -0.2) is 41.8 Å². The highest BCUT2D eigenvalue weighted by atomic mass is 16.5. The zero-order valence-electron chi connectivity index (χ0n) is 15.8. The van der Waals surface area contributed by atoms with E-state index in [1.54, 1.807) is 12.1 Å². The van der Waals surface area contributed by atoms with Crippen LogP contribution in [0.2, 0.25) is 0 Å². The van der Waals surface area contributed by atoms with E-state index in [2.05, 4.69) is 41.8 Å². The Morgan fingerprint density at radius 1 is 1.00 bits per heavy atom. The lowest BCUT2D eigenvalue weighted by atomic mass is 10.0. The number of nitrogens with one attached hydrogen (secondary N) is 2. The van der Waals surface area contributed by atoms with Gasteiger partial charge in [-0.15, -0.1) is 0 Å². The monoisotopic (exact) mass is 380 g/mol. The normalized spacial score (nSPS) is 10.0. The molecule has 2 aromatic carbocycles. The van der Waals surface area contributed by atoms with Crippen LogP contribution >= 0.6 is 0 Å². The zero-order chi connectivity index (χ0) is 20.4. The molecule has 2 aromatic rings.